The lowest BCUT2D eigenvalue weighted by Crippen LogP contribution is -2.03. The van der Waals surface area contributed by atoms with Gasteiger partial charge in [0.25, 0.3) is 0 Å². The van der Waals surface area contributed by atoms with E-state index < -0.39 is 0 Å². The summed E-state index contributed by atoms with van der Waals surface area (Å²) in [7, 11) is 3.20. The van der Waals surface area contributed by atoms with Crippen LogP contribution in [0.15, 0.2) is 88.1 Å². The zero-order chi connectivity index (χ0) is 21.8. The number of hydrogen-bond donors (Lipinski definition) is 0. The second kappa shape index (κ2) is 8.71. The molecule has 0 radical (unpaired) electrons. The van der Waals surface area contributed by atoms with Crippen LogP contribution >= 0.6 is 0 Å². The number of ether oxygens (including phenoxy) is 2. The Kier molecular flexibility index (Phi) is 5.67. The molecule has 1 aromatic heterocycles. The van der Waals surface area contributed by atoms with Gasteiger partial charge in [-0.05, 0) is 66.2 Å². The number of carbonyl (C=O) groups is 1. The van der Waals surface area contributed by atoms with Gasteiger partial charge in [-0.2, -0.15) is 0 Å². The molecule has 5 heteroatoms. The van der Waals surface area contributed by atoms with Crippen molar-refractivity contribution >= 4 is 22.8 Å². The number of fused-ring (bicyclic) bond motifs is 1. The predicted molar refractivity (Wildman–Crippen MR) is 121 cm³/mol. The summed E-state index contributed by atoms with van der Waals surface area (Å²) < 4.78 is 16.2. The minimum absolute atomic E-state index is 0.198. The van der Waals surface area contributed by atoms with Crippen LogP contribution in [-0.4, -0.2) is 20.0 Å². The number of rotatable bonds is 6. The van der Waals surface area contributed by atoms with Crippen LogP contribution in [0.2, 0.25) is 0 Å². The van der Waals surface area contributed by atoms with Crippen molar-refractivity contribution in [2.75, 3.05) is 14.2 Å². The summed E-state index contributed by atoms with van der Waals surface area (Å²) >= 11 is 0. The molecule has 0 fully saturated rings. The van der Waals surface area contributed by atoms with Crippen molar-refractivity contribution in [1.29, 1.82) is 0 Å². The van der Waals surface area contributed by atoms with E-state index in [1.807, 2.05) is 36.4 Å². The molecule has 3 aromatic carbocycles. The SMILES string of the molecule is COc1ccc(C=CC(=O)c2ccc3oc(-c4ccc(OC)cc4)cc(=O)c3c2)cc1. The van der Waals surface area contributed by atoms with E-state index in [4.69, 9.17) is 13.9 Å². The Balaban J connectivity index is 1.61. The first-order valence-corrected chi connectivity index (χ1v) is 9.66. The van der Waals surface area contributed by atoms with E-state index in [0.717, 1.165) is 22.6 Å². The van der Waals surface area contributed by atoms with E-state index in [9.17, 15) is 9.59 Å². The summed E-state index contributed by atoms with van der Waals surface area (Å²) in [5.41, 5.74) is 2.28. The third kappa shape index (κ3) is 4.41. The molecule has 0 bridgehead atoms. The average Bonchev–Trinajstić information content (AvgIpc) is 2.82. The van der Waals surface area contributed by atoms with Gasteiger partial charge in [0.15, 0.2) is 11.2 Å². The quantitative estimate of drug-likeness (QED) is 0.314. The minimum Gasteiger partial charge on any atom is -0.497 e. The van der Waals surface area contributed by atoms with Crippen LogP contribution in [0.5, 0.6) is 11.5 Å². The summed E-state index contributed by atoms with van der Waals surface area (Å²) in [6, 6.07) is 20.9. The molecule has 0 aliphatic heterocycles. The van der Waals surface area contributed by atoms with Gasteiger partial charge in [0.1, 0.15) is 22.8 Å². The van der Waals surface area contributed by atoms with Crippen molar-refractivity contribution in [2.24, 2.45) is 0 Å². The molecule has 0 amide bonds. The zero-order valence-electron chi connectivity index (χ0n) is 17.1. The van der Waals surface area contributed by atoms with E-state index in [1.165, 1.54) is 12.1 Å². The third-order valence-electron chi connectivity index (χ3n) is 4.93. The van der Waals surface area contributed by atoms with Crippen LogP contribution in [0, 0.1) is 0 Å². The number of allylic oxidation sites excluding steroid dienone is 1. The van der Waals surface area contributed by atoms with Crippen LogP contribution < -0.4 is 14.9 Å². The van der Waals surface area contributed by atoms with Crippen molar-refractivity contribution in [3.8, 4) is 22.8 Å². The maximum atomic E-state index is 12.7. The maximum absolute atomic E-state index is 12.7. The first kappa shape index (κ1) is 20.2. The number of carbonyl (C=O) groups excluding carboxylic acids is 1. The van der Waals surface area contributed by atoms with Crippen molar-refractivity contribution in [3.63, 3.8) is 0 Å². The highest BCUT2D eigenvalue weighted by molar-refractivity contribution is 6.08. The van der Waals surface area contributed by atoms with Crippen LogP contribution in [0.4, 0.5) is 0 Å². The molecule has 0 spiro atoms. The molecule has 0 atom stereocenters. The highest BCUT2D eigenvalue weighted by atomic mass is 16.5. The maximum Gasteiger partial charge on any atom is 0.193 e. The first-order valence-electron chi connectivity index (χ1n) is 9.66. The van der Waals surface area contributed by atoms with Gasteiger partial charge in [-0.25, -0.2) is 0 Å². The Hall–Kier alpha value is -4.12. The van der Waals surface area contributed by atoms with Crippen molar-refractivity contribution in [1.82, 2.24) is 0 Å². The Morgan fingerprint density at radius 2 is 1.48 bits per heavy atom. The standard InChI is InChI=1S/C26H20O5/c1-29-20-9-3-17(4-10-20)5-13-23(27)19-8-14-25-22(15-19)24(28)16-26(31-25)18-6-11-21(30-2)12-7-18/h3-16H,1-2H3. The lowest BCUT2D eigenvalue weighted by molar-refractivity contribution is 0.104. The summed E-state index contributed by atoms with van der Waals surface area (Å²) in [4.78, 5) is 25.3. The van der Waals surface area contributed by atoms with E-state index in [1.54, 1.807) is 50.6 Å². The van der Waals surface area contributed by atoms with E-state index in [-0.39, 0.29) is 11.2 Å². The largest absolute Gasteiger partial charge is 0.497 e. The zero-order valence-corrected chi connectivity index (χ0v) is 17.1. The normalized spacial score (nSPS) is 11.0. The highest BCUT2D eigenvalue weighted by Gasteiger charge is 2.10. The fraction of sp³-hybridized carbons (Fsp3) is 0.0769. The second-order valence-electron chi connectivity index (χ2n) is 6.89. The van der Waals surface area contributed by atoms with Crippen LogP contribution in [-0.2, 0) is 0 Å². The summed E-state index contributed by atoms with van der Waals surface area (Å²) in [5.74, 6) is 1.73. The van der Waals surface area contributed by atoms with Gasteiger partial charge >= 0.3 is 0 Å². The molecule has 0 unspecified atom stereocenters. The number of ketones is 1. The van der Waals surface area contributed by atoms with Gasteiger partial charge < -0.3 is 13.9 Å². The molecule has 0 saturated carbocycles. The topological polar surface area (TPSA) is 65.7 Å². The van der Waals surface area contributed by atoms with Crippen LogP contribution in [0.3, 0.4) is 0 Å². The van der Waals surface area contributed by atoms with Gasteiger partial charge in [-0.3, -0.25) is 9.59 Å². The molecule has 0 saturated heterocycles. The Morgan fingerprint density at radius 3 is 2.13 bits per heavy atom. The van der Waals surface area contributed by atoms with Gasteiger partial charge in [0.05, 0.1) is 19.6 Å². The van der Waals surface area contributed by atoms with Gasteiger partial charge in [0, 0.05) is 17.2 Å². The Bertz CT molecular complexity index is 1310. The second-order valence-corrected chi connectivity index (χ2v) is 6.89. The fourth-order valence-corrected chi connectivity index (χ4v) is 3.19. The molecular weight excluding hydrogens is 392 g/mol. The highest BCUT2D eigenvalue weighted by Crippen LogP contribution is 2.25. The lowest BCUT2D eigenvalue weighted by atomic mass is 10.1. The molecule has 154 valence electrons. The first-order chi connectivity index (χ1) is 15.1. The van der Waals surface area contributed by atoms with Crippen molar-refractivity contribution in [3.05, 3.63) is 100 Å². The molecular formula is C26H20O5. The summed E-state index contributed by atoms with van der Waals surface area (Å²) in [6.07, 6.45) is 3.21. The van der Waals surface area contributed by atoms with Gasteiger partial charge in [-0.1, -0.05) is 18.2 Å². The minimum atomic E-state index is -0.208. The Morgan fingerprint density at radius 1 is 0.839 bits per heavy atom. The summed E-state index contributed by atoms with van der Waals surface area (Å²) in [5, 5.41) is 0.362. The molecule has 5 nitrogen and oxygen atoms in total. The van der Waals surface area contributed by atoms with Crippen molar-refractivity contribution < 1.29 is 18.7 Å². The monoisotopic (exact) mass is 412 g/mol. The number of methoxy groups -OCH3 is 2. The van der Waals surface area contributed by atoms with Gasteiger partial charge in [0.2, 0.25) is 0 Å². The lowest BCUT2D eigenvalue weighted by Gasteiger charge is -2.05. The van der Waals surface area contributed by atoms with E-state index in [2.05, 4.69) is 0 Å². The molecule has 1 heterocycles. The number of benzene rings is 3. The molecule has 0 aliphatic rings. The molecule has 4 aromatic rings. The number of hydrogen-bond acceptors (Lipinski definition) is 5. The molecule has 0 N–H and O–H groups in total. The smallest absolute Gasteiger partial charge is 0.193 e. The van der Waals surface area contributed by atoms with E-state index >= 15 is 0 Å². The van der Waals surface area contributed by atoms with Gasteiger partial charge in [-0.15, -0.1) is 0 Å². The predicted octanol–water partition coefficient (Wildman–Crippen LogP) is 5.37. The fourth-order valence-electron chi connectivity index (χ4n) is 3.19. The summed E-state index contributed by atoms with van der Waals surface area (Å²) in [6.45, 7) is 0. The van der Waals surface area contributed by atoms with Crippen LogP contribution in [0.25, 0.3) is 28.4 Å². The Labute approximate surface area is 179 Å². The molecule has 4 rings (SSSR count). The molecule has 31 heavy (non-hydrogen) atoms. The van der Waals surface area contributed by atoms with Crippen molar-refractivity contribution in [2.45, 2.75) is 0 Å². The van der Waals surface area contributed by atoms with E-state index in [0.29, 0.717) is 22.3 Å². The molecule has 0 aliphatic carbocycles. The van der Waals surface area contributed by atoms with Crippen LogP contribution in [0.1, 0.15) is 15.9 Å². The third-order valence-corrected chi connectivity index (χ3v) is 4.93. The average molecular weight is 412 g/mol.